The highest BCUT2D eigenvalue weighted by Crippen LogP contribution is 2.37. The summed E-state index contributed by atoms with van der Waals surface area (Å²) in [6.07, 6.45) is 0. The van der Waals surface area contributed by atoms with E-state index in [1.807, 2.05) is 6.07 Å². The average molecular weight is 232 g/mol. The Labute approximate surface area is 95.5 Å². The molecule has 0 saturated carbocycles. The summed E-state index contributed by atoms with van der Waals surface area (Å²) >= 11 is 7.61. The van der Waals surface area contributed by atoms with E-state index in [-0.39, 0.29) is 5.41 Å². The van der Waals surface area contributed by atoms with Crippen LogP contribution in [0, 0.1) is 5.41 Å². The number of halogens is 1. The van der Waals surface area contributed by atoms with E-state index in [0.717, 1.165) is 10.9 Å². The molecule has 0 amide bonds. The van der Waals surface area contributed by atoms with Crippen molar-refractivity contribution in [1.82, 2.24) is 5.32 Å². The molecule has 0 radical (unpaired) electrons. The van der Waals surface area contributed by atoms with Gasteiger partial charge in [-0.15, -0.1) is 11.3 Å². The van der Waals surface area contributed by atoms with Crippen LogP contribution in [0.3, 0.4) is 0 Å². The number of hydrogen-bond acceptors (Lipinski definition) is 2. The van der Waals surface area contributed by atoms with Crippen molar-refractivity contribution in [1.29, 1.82) is 0 Å². The van der Waals surface area contributed by atoms with E-state index in [2.05, 4.69) is 39.1 Å². The third-order valence-electron chi connectivity index (χ3n) is 2.15. The van der Waals surface area contributed by atoms with E-state index < -0.39 is 0 Å². The summed E-state index contributed by atoms with van der Waals surface area (Å²) in [5.74, 6) is 0. The number of nitrogens with one attached hydrogen (secondary N) is 1. The molecule has 3 heteroatoms. The van der Waals surface area contributed by atoms with E-state index in [0.29, 0.717) is 6.04 Å². The van der Waals surface area contributed by atoms with Crippen molar-refractivity contribution in [2.24, 2.45) is 5.41 Å². The Morgan fingerprint density at radius 2 is 2.07 bits per heavy atom. The molecule has 1 rings (SSSR count). The molecular formula is C11H18ClNS. The smallest absolute Gasteiger partial charge is 0.0931 e. The molecular weight excluding hydrogens is 214 g/mol. The first kappa shape index (κ1) is 12.0. The Bertz CT molecular complexity index is 288. The van der Waals surface area contributed by atoms with Gasteiger partial charge in [0.15, 0.2) is 0 Å². The Kier molecular flexibility index (Phi) is 3.99. The fraction of sp³-hybridized carbons (Fsp3) is 0.636. The molecule has 1 nitrogen and oxygen atoms in total. The molecule has 0 saturated heterocycles. The van der Waals surface area contributed by atoms with Crippen molar-refractivity contribution in [3.63, 3.8) is 0 Å². The van der Waals surface area contributed by atoms with Crippen LogP contribution in [0.5, 0.6) is 0 Å². The first-order valence-corrected chi connectivity index (χ1v) is 6.13. The van der Waals surface area contributed by atoms with Crippen molar-refractivity contribution in [2.45, 2.75) is 33.7 Å². The van der Waals surface area contributed by atoms with Gasteiger partial charge in [-0.05, 0) is 24.1 Å². The molecule has 0 bridgehead atoms. The number of hydrogen-bond donors (Lipinski definition) is 1. The highest BCUT2D eigenvalue weighted by molar-refractivity contribution is 7.16. The van der Waals surface area contributed by atoms with Crippen LogP contribution < -0.4 is 5.32 Å². The van der Waals surface area contributed by atoms with Gasteiger partial charge in [0.25, 0.3) is 0 Å². The van der Waals surface area contributed by atoms with Crippen LogP contribution in [0.4, 0.5) is 0 Å². The summed E-state index contributed by atoms with van der Waals surface area (Å²) in [5.41, 5.74) is 0.226. The quantitative estimate of drug-likeness (QED) is 0.826. The molecule has 1 N–H and O–H groups in total. The minimum Gasteiger partial charge on any atom is -0.309 e. The zero-order valence-electron chi connectivity index (χ0n) is 9.23. The predicted octanol–water partition coefficient (Wildman–Crippen LogP) is 4.10. The van der Waals surface area contributed by atoms with Gasteiger partial charge in [-0.3, -0.25) is 0 Å². The van der Waals surface area contributed by atoms with Crippen molar-refractivity contribution in [2.75, 3.05) is 6.54 Å². The van der Waals surface area contributed by atoms with Crippen molar-refractivity contribution >= 4 is 22.9 Å². The normalized spacial score (nSPS) is 14.4. The Morgan fingerprint density at radius 1 is 1.43 bits per heavy atom. The molecule has 80 valence electrons. The highest BCUT2D eigenvalue weighted by Gasteiger charge is 2.26. The van der Waals surface area contributed by atoms with Gasteiger partial charge in [-0.25, -0.2) is 0 Å². The topological polar surface area (TPSA) is 12.0 Å². The maximum Gasteiger partial charge on any atom is 0.0931 e. The van der Waals surface area contributed by atoms with E-state index in [1.54, 1.807) is 11.3 Å². The standard InChI is InChI=1S/C11H18ClNS/c1-5-13-10(11(2,3)4)8-6-7-9(12)14-8/h6-7,10,13H,5H2,1-4H3. The van der Waals surface area contributed by atoms with Crippen molar-refractivity contribution in [3.05, 3.63) is 21.3 Å². The summed E-state index contributed by atoms with van der Waals surface area (Å²) < 4.78 is 0.868. The molecule has 0 spiro atoms. The van der Waals surface area contributed by atoms with Gasteiger partial charge in [0, 0.05) is 10.9 Å². The third kappa shape index (κ3) is 2.97. The highest BCUT2D eigenvalue weighted by atomic mass is 35.5. The second kappa shape index (κ2) is 4.65. The average Bonchev–Trinajstić information content (AvgIpc) is 2.45. The fourth-order valence-corrected chi connectivity index (χ4v) is 2.90. The van der Waals surface area contributed by atoms with Crippen LogP contribution >= 0.6 is 22.9 Å². The molecule has 1 aromatic rings. The van der Waals surface area contributed by atoms with Crippen molar-refractivity contribution in [3.8, 4) is 0 Å². The SMILES string of the molecule is CCNC(c1ccc(Cl)s1)C(C)(C)C. The van der Waals surface area contributed by atoms with Gasteiger partial charge in [0.2, 0.25) is 0 Å². The van der Waals surface area contributed by atoms with Gasteiger partial charge >= 0.3 is 0 Å². The van der Waals surface area contributed by atoms with E-state index in [1.165, 1.54) is 4.88 Å². The molecule has 1 atom stereocenters. The molecule has 0 fully saturated rings. The zero-order chi connectivity index (χ0) is 10.8. The lowest BCUT2D eigenvalue weighted by Gasteiger charge is -2.30. The molecule has 0 aliphatic rings. The van der Waals surface area contributed by atoms with Gasteiger partial charge in [0.1, 0.15) is 0 Å². The lowest BCUT2D eigenvalue weighted by atomic mass is 9.86. The van der Waals surface area contributed by atoms with Crippen molar-refractivity contribution < 1.29 is 0 Å². The van der Waals surface area contributed by atoms with E-state index in [4.69, 9.17) is 11.6 Å². The van der Waals surface area contributed by atoms with Crippen LogP contribution in [0.15, 0.2) is 12.1 Å². The lowest BCUT2D eigenvalue weighted by molar-refractivity contribution is 0.281. The minimum absolute atomic E-state index is 0.226. The summed E-state index contributed by atoms with van der Waals surface area (Å²) in [4.78, 5) is 1.32. The lowest BCUT2D eigenvalue weighted by Crippen LogP contribution is -2.31. The zero-order valence-corrected chi connectivity index (χ0v) is 10.8. The Morgan fingerprint density at radius 3 is 2.43 bits per heavy atom. The summed E-state index contributed by atoms with van der Waals surface area (Å²) in [6, 6.07) is 4.48. The van der Waals surface area contributed by atoms with Gasteiger partial charge < -0.3 is 5.32 Å². The van der Waals surface area contributed by atoms with Gasteiger partial charge in [0.05, 0.1) is 4.34 Å². The molecule has 0 aromatic carbocycles. The van der Waals surface area contributed by atoms with Gasteiger partial charge in [-0.2, -0.15) is 0 Å². The molecule has 0 aliphatic heterocycles. The maximum absolute atomic E-state index is 5.95. The Balaban J connectivity index is 2.88. The van der Waals surface area contributed by atoms with Crippen LogP contribution in [0.25, 0.3) is 0 Å². The second-order valence-corrected chi connectivity index (χ2v) is 6.25. The third-order valence-corrected chi connectivity index (χ3v) is 3.45. The molecule has 1 heterocycles. The second-order valence-electron chi connectivity index (χ2n) is 4.50. The van der Waals surface area contributed by atoms with Crippen LogP contribution in [0.2, 0.25) is 4.34 Å². The molecule has 14 heavy (non-hydrogen) atoms. The molecule has 0 aliphatic carbocycles. The minimum atomic E-state index is 0.226. The van der Waals surface area contributed by atoms with Crippen LogP contribution in [-0.4, -0.2) is 6.54 Å². The van der Waals surface area contributed by atoms with Crippen LogP contribution in [-0.2, 0) is 0 Å². The van der Waals surface area contributed by atoms with E-state index >= 15 is 0 Å². The maximum atomic E-state index is 5.95. The largest absolute Gasteiger partial charge is 0.309 e. The summed E-state index contributed by atoms with van der Waals surface area (Å²) in [7, 11) is 0. The monoisotopic (exact) mass is 231 g/mol. The Hall–Kier alpha value is -0.0500. The molecule has 1 aromatic heterocycles. The molecule has 1 unspecified atom stereocenters. The summed E-state index contributed by atoms with van der Waals surface area (Å²) in [5, 5.41) is 3.50. The fourth-order valence-electron chi connectivity index (χ4n) is 1.52. The van der Waals surface area contributed by atoms with E-state index in [9.17, 15) is 0 Å². The van der Waals surface area contributed by atoms with Crippen LogP contribution in [0.1, 0.15) is 38.6 Å². The predicted molar refractivity (Wildman–Crippen MR) is 65.2 cm³/mol. The number of thiophene rings is 1. The number of rotatable bonds is 3. The van der Waals surface area contributed by atoms with Gasteiger partial charge in [-0.1, -0.05) is 39.3 Å². The first-order valence-electron chi connectivity index (χ1n) is 4.93. The first-order chi connectivity index (χ1) is 6.45. The summed E-state index contributed by atoms with van der Waals surface area (Å²) in [6.45, 7) is 9.85.